The maximum atomic E-state index is 12.0. The molecule has 0 bridgehead atoms. The summed E-state index contributed by atoms with van der Waals surface area (Å²) in [6, 6.07) is 10.1. The van der Waals surface area contributed by atoms with E-state index in [2.05, 4.69) is 37.4 Å². The summed E-state index contributed by atoms with van der Waals surface area (Å²) < 4.78 is 5.20. The van der Waals surface area contributed by atoms with E-state index in [1.54, 1.807) is 6.26 Å². The lowest BCUT2D eigenvalue weighted by atomic mass is 10.1. The number of amides is 1. The summed E-state index contributed by atoms with van der Waals surface area (Å²) in [7, 11) is 0. The molecule has 5 heteroatoms. The number of pyridine rings is 1. The molecule has 1 amide bonds. The van der Waals surface area contributed by atoms with E-state index in [1.807, 2.05) is 19.1 Å². The van der Waals surface area contributed by atoms with E-state index in [9.17, 15) is 4.79 Å². The number of aryl methyl sites for hydroxylation is 3. The number of nitrogens with one attached hydrogen (secondary N) is 1. The Bertz CT molecular complexity index is 873. The van der Waals surface area contributed by atoms with Gasteiger partial charge in [-0.1, -0.05) is 17.8 Å². The van der Waals surface area contributed by atoms with Gasteiger partial charge >= 0.3 is 0 Å². The first kappa shape index (κ1) is 16.6. The third-order valence-corrected chi connectivity index (χ3v) is 4.90. The molecule has 124 valence electrons. The van der Waals surface area contributed by atoms with Crippen LogP contribution in [0.25, 0.3) is 10.9 Å². The predicted octanol–water partition coefficient (Wildman–Crippen LogP) is 4.16. The lowest BCUT2D eigenvalue weighted by molar-refractivity contribution is -0.118. The summed E-state index contributed by atoms with van der Waals surface area (Å²) in [5.41, 5.74) is 4.51. The minimum Gasteiger partial charge on any atom is -0.467 e. The van der Waals surface area contributed by atoms with Gasteiger partial charge in [-0.15, -0.1) is 0 Å². The van der Waals surface area contributed by atoms with Gasteiger partial charge in [-0.25, -0.2) is 4.98 Å². The van der Waals surface area contributed by atoms with E-state index in [-0.39, 0.29) is 5.91 Å². The predicted molar refractivity (Wildman–Crippen MR) is 97.2 cm³/mol. The van der Waals surface area contributed by atoms with Crippen molar-refractivity contribution in [3.63, 3.8) is 0 Å². The van der Waals surface area contributed by atoms with Crippen LogP contribution >= 0.6 is 11.8 Å². The molecule has 0 aliphatic heterocycles. The number of furan rings is 1. The van der Waals surface area contributed by atoms with Crippen molar-refractivity contribution in [2.75, 3.05) is 5.75 Å². The zero-order chi connectivity index (χ0) is 17.1. The third kappa shape index (κ3) is 3.79. The summed E-state index contributed by atoms with van der Waals surface area (Å²) in [6.07, 6.45) is 1.60. The van der Waals surface area contributed by atoms with Gasteiger partial charge in [-0.2, -0.15) is 0 Å². The van der Waals surface area contributed by atoms with Crippen molar-refractivity contribution in [2.24, 2.45) is 0 Å². The number of thioether (sulfide) groups is 1. The third-order valence-electron chi connectivity index (χ3n) is 3.81. The summed E-state index contributed by atoms with van der Waals surface area (Å²) in [5.74, 6) is 1.06. The van der Waals surface area contributed by atoms with Crippen LogP contribution in [0.1, 0.15) is 22.5 Å². The number of rotatable bonds is 5. The molecule has 4 nitrogen and oxygen atoms in total. The number of hydrogen-bond acceptors (Lipinski definition) is 4. The van der Waals surface area contributed by atoms with Crippen molar-refractivity contribution in [3.8, 4) is 0 Å². The Balaban J connectivity index is 1.68. The lowest BCUT2D eigenvalue weighted by Gasteiger charge is -2.10. The van der Waals surface area contributed by atoms with Crippen molar-refractivity contribution in [1.29, 1.82) is 0 Å². The molecule has 0 unspecified atom stereocenters. The van der Waals surface area contributed by atoms with E-state index in [1.165, 1.54) is 28.3 Å². The Morgan fingerprint density at radius 3 is 2.79 bits per heavy atom. The van der Waals surface area contributed by atoms with E-state index < -0.39 is 0 Å². The molecule has 0 fully saturated rings. The molecule has 0 saturated heterocycles. The van der Waals surface area contributed by atoms with Crippen LogP contribution in [0, 0.1) is 20.8 Å². The van der Waals surface area contributed by atoms with Crippen molar-refractivity contribution < 1.29 is 9.21 Å². The Morgan fingerprint density at radius 2 is 2.04 bits per heavy atom. The average molecular weight is 340 g/mol. The largest absolute Gasteiger partial charge is 0.467 e. The Morgan fingerprint density at radius 1 is 1.21 bits per heavy atom. The molecule has 0 atom stereocenters. The molecule has 1 N–H and O–H groups in total. The van der Waals surface area contributed by atoms with Gasteiger partial charge in [0, 0.05) is 5.39 Å². The maximum absolute atomic E-state index is 12.0. The standard InChI is InChI=1S/C19H20N2O2S/c1-12-7-13(2)16-9-14(3)19(21-17(16)8-12)24-11-18(22)20-10-15-5-4-6-23-15/h4-9H,10-11H2,1-3H3,(H,20,22). The van der Waals surface area contributed by atoms with Gasteiger partial charge in [0.15, 0.2) is 0 Å². The van der Waals surface area contributed by atoms with Gasteiger partial charge in [0.05, 0.1) is 24.1 Å². The number of benzene rings is 1. The molecule has 2 heterocycles. The molecule has 3 aromatic rings. The number of nitrogens with zero attached hydrogens (tertiary/aromatic N) is 1. The fourth-order valence-corrected chi connectivity index (χ4v) is 3.46. The average Bonchev–Trinajstić information content (AvgIpc) is 3.05. The van der Waals surface area contributed by atoms with Crippen LogP contribution in [0.3, 0.4) is 0 Å². The zero-order valence-corrected chi connectivity index (χ0v) is 14.9. The molecular weight excluding hydrogens is 320 g/mol. The van der Waals surface area contributed by atoms with Gasteiger partial charge in [0.1, 0.15) is 10.8 Å². The highest BCUT2D eigenvalue weighted by atomic mass is 32.2. The van der Waals surface area contributed by atoms with Crippen LogP contribution in [0.4, 0.5) is 0 Å². The number of hydrogen-bond donors (Lipinski definition) is 1. The van der Waals surface area contributed by atoms with Crippen LogP contribution in [0.5, 0.6) is 0 Å². The highest BCUT2D eigenvalue weighted by Gasteiger charge is 2.10. The Labute approximate surface area is 145 Å². The van der Waals surface area contributed by atoms with Gasteiger partial charge < -0.3 is 9.73 Å². The van der Waals surface area contributed by atoms with E-state index >= 15 is 0 Å². The Kier molecular flexibility index (Phi) is 4.90. The molecular formula is C19H20N2O2S. The molecule has 0 radical (unpaired) electrons. The quantitative estimate of drug-likeness (QED) is 0.709. The van der Waals surface area contributed by atoms with E-state index in [4.69, 9.17) is 9.40 Å². The van der Waals surface area contributed by atoms with Crippen LogP contribution < -0.4 is 5.32 Å². The summed E-state index contributed by atoms with van der Waals surface area (Å²) in [4.78, 5) is 16.7. The van der Waals surface area contributed by atoms with Gasteiger partial charge in [-0.3, -0.25) is 4.79 Å². The number of fused-ring (bicyclic) bond motifs is 1. The van der Waals surface area contributed by atoms with E-state index in [0.29, 0.717) is 12.3 Å². The first-order valence-electron chi connectivity index (χ1n) is 7.83. The zero-order valence-electron chi connectivity index (χ0n) is 14.1. The van der Waals surface area contributed by atoms with Crippen LogP contribution in [-0.4, -0.2) is 16.6 Å². The second kappa shape index (κ2) is 7.09. The molecule has 0 saturated carbocycles. The molecule has 0 spiro atoms. The lowest BCUT2D eigenvalue weighted by Crippen LogP contribution is -2.24. The maximum Gasteiger partial charge on any atom is 0.230 e. The smallest absolute Gasteiger partial charge is 0.230 e. The first-order valence-corrected chi connectivity index (χ1v) is 8.82. The van der Waals surface area contributed by atoms with Gasteiger partial charge in [0.2, 0.25) is 5.91 Å². The molecule has 0 aliphatic carbocycles. The highest BCUT2D eigenvalue weighted by Crippen LogP contribution is 2.27. The van der Waals surface area contributed by atoms with Crippen LogP contribution in [-0.2, 0) is 11.3 Å². The second-order valence-corrected chi connectivity index (χ2v) is 6.87. The van der Waals surface area contributed by atoms with E-state index in [0.717, 1.165) is 21.9 Å². The molecule has 2 aromatic heterocycles. The summed E-state index contributed by atoms with van der Waals surface area (Å²) in [6.45, 7) is 6.62. The molecule has 24 heavy (non-hydrogen) atoms. The molecule has 3 rings (SSSR count). The summed E-state index contributed by atoms with van der Waals surface area (Å²) >= 11 is 1.47. The van der Waals surface area contributed by atoms with Crippen LogP contribution in [0.15, 0.2) is 46.0 Å². The number of carbonyl (C=O) groups is 1. The number of aromatic nitrogens is 1. The summed E-state index contributed by atoms with van der Waals surface area (Å²) in [5, 5.41) is 4.92. The van der Waals surface area contributed by atoms with Crippen molar-refractivity contribution in [3.05, 3.63) is 59.0 Å². The minimum absolute atomic E-state index is 0.0295. The Hall–Kier alpha value is -2.27. The fourth-order valence-electron chi connectivity index (χ4n) is 2.64. The van der Waals surface area contributed by atoms with Gasteiger partial charge in [0.25, 0.3) is 0 Å². The minimum atomic E-state index is -0.0295. The van der Waals surface area contributed by atoms with Gasteiger partial charge in [-0.05, 0) is 61.7 Å². The second-order valence-electron chi connectivity index (χ2n) is 5.90. The first-order chi connectivity index (χ1) is 11.5. The SMILES string of the molecule is Cc1cc(C)c2cc(C)c(SCC(=O)NCc3ccco3)nc2c1. The molecule has 1 aromatic carbocycles. The normalized spacial score (nSPS) is 11.0. The highest BCUT2D eigenvalue weighted by molar-refractivity contribution is 7.99. The van der Waals surface area contributed by atoms with Crippen LogP contribution in [0.2, 0.25) is 0 Å². The van der Waals surface area contributed by atoms with Crippen molar-refractivity contribution in [1.82, 2.24) is 10.3 Å². The number of carbonyl (C=O) groups excluding carboxylic acids is 1. The molecule has 0 aliphatic rings. The fraction of sp³-hybridized carbons (Fsp3) is 0.263. The monoisotopic (exact) mass is 340 g/mol. The van der Waals surface area contributed by atoms with Crippen molar-refractivity contribution >= 4 is 28.6 Å². The van der Waals surface area contributed by atoms with Crippen molar-refractivity contribution in [2.45, 2.75) is 32.3 Å². The topological polar surface area (TPSA) is 55.1 Å².